The summed E-state index contributed by atoms with van der Waals surface area (Å²) >= 11 is 6.15. The third-order valence-corrected chi connectivity index (χ3v) is 5.32. The second-order valence-corrected chi connectivity index (χ2v) is 7.45. The van der Waals surface area contributed by atoms with E-state index in [9.17, 15) is 14.7 Å². The van der Waals surface area contributed by atoms with Crippen LogP contribution in [-0.2, 0) is 9.59 Å². The molecule has 0 aromatic heterocycles. The molecule has 0 saturated carbocycles. The van der Waals surface area contributed by atoms with Gasteiger partial charge >= 0.3 is 0 Å². The smallest absolute Gasteiger partial charge is 0.300 e. The molecule has 0 unspecified atom stereocenters. The number of ether oxygens (including phenoxy) is 1. The Kier molecular flexibility index (Phi) is 5.78. The number of amides is 1. The minimum atomic E-state index is -0.811. The van der Waals surface area contributed by atoms with Crippen molar-refractivity contribution < 1.29 is 19.4 Å². The second kappa shape index (κ2) is 8.66. The normalized spacial score (nSPS) is 17.7. The summed E-state index contributed by atoms with van der Waals surface area (Å²) in [4.78, 5) is 27.5. The first-order valence-electron chi connectivity index (χ1n) is 9.86. The van der Waals surface area contributed by atoms with Crippen molar-refractivity contribution in [3.8, 4) is 5.75 Å². The van der Waals surface area contributed by atoms with Crippen molar-refractivity contribution in [3.05, 3.63) is 101 Å². The zero-order valence-electron chi connectivity index (χ0n) is 16.8. The summed E-state index contributed by atoms with van der Waals surface area (Å²) in [5.74, 6) is -1.02. The average Bonchev–Trinajstić information content (AvgIpc) is 3.05. The number of carbonyl (C=O) groups excluding carboxylic acids is 2. The molecule has 1 aliphatic heterocycles. The number of anilines is 1. The van der Waals surface area contributed by atoms with Crippen molar-refractivity contribution in [1.29, 1.82) is 0 Å². The van der Waals surface area contributed by atoms with E-state index in [1.807, 2.05) is 13.0 Å². The summed E-state index contributed by atoms with van der Waals surface area (Å²) in [6.07, 6.45) is 0. The van der Waals surface area contributed by atoms with E-state index in [0.717, 1.165) is 0 Å². The molecular weight excluding hydrogens is 414 g/mol. The molecule has 4 rings (SSSR count). The Balaban J connectivity index is 1.91. The Hall–Kier alpha value is -3.57. The molecule has 3 aromatic carbocycles. The Bertz CT molecular complexity index is 1160. The van der Waals surface area contributed by atoms with Crippen molar-refractivity contribution in [1.82, 2.24) is 0 Å². The number of hydrogen-bond donors (Lipinski definition) is 1. The zero-order valence-corrected chi connectivity index (χ0v) is 17.5. The molecule has 5 nitrogen and oxygen atoms in total. The van der Waals surface area contributed by atoms with Gasteiger partial charge in [0.05, 0.1) is 18.2 Å². The molecule has 0 bridgehead atoms. The number of nitrogens with zero attached hydrogens (tertiary/aromatic N) is 1. The summed E-state index contributed by atoms with van der Waals surface area (Å²) in [6, 6.07) is 21.8. The number of aliphatic hydroxyl groups is 1. The van der Waals surface area contributed by atoms with E-state index in [-0.39, 0.29) is 11.3 Å². The van der Waals surface area contributed by atoms with Gasteiger partial charge in [0.15, 0.2) is 0 Å². The summed E-state index contributed by atoms with van der Waals surface area (Å²) in [6.45, 7) is 2.41. The van der Waals surface area contributed by atoms with Gasteiger partial charge in [-0.15, -0.1) is 0 Å². The van der Waals surface area contributed by atoms with Crippen molar-refractivity contribution >= 4 is 34.7 Å². The van der Waals surface area contributed by atoms with Gasteiger partial charge in [-0.05, 0) is 42.8 Å². The standard InChI is InChI=1S/C25H20ClNO4/c1-2-31-20-13-11-16(12-14-20)22-21(23(28)17-7-4-3-5-8-17)24(29)25(30)27(22)19-10-6-9-18(26)15-19/h3-15,22,28H,2H2,1H3/b23-21+/t22-/m1/s1. The fraction of sp³-hybridized carbons (Fsp3) is 0.120. The van der Waals surface area contributed by atoms with Gasteiger partial charge in [-0.25, -0.2) is 0 Å². The number of ketones is 1. The number of rotatable bonds is 5. The fourth-order valence-corrected chi connectivity index (χ4v) is 3.89. The van der Waals surface area contributed by atoms with Gasteiger partial charge in [0.25, 0.3) is 11.7 Å². The highest BCUT2D eigenvalue weighted by atomic mass is 35.5. The quantitative estimate of drug-likeness (QED) is 0.334. The molecule has 3 aromatic rings. The van der Waals surface area contributed by atoms with Crippen LogP contribution in [-0.4, -0.2) is 23.4 Å². The monoisotopic (exact) mass is 433 g/mol. The second-order valence-electron chi connectivity index (χ2n) is 7.02. The van der Waals surface area contributed by atoms with Gasteiger partial charge in [-0.1, -0.05) is 60.1 Å². The first kappa shape index (κ1) is 20.7. The molecule has 0 radical (unpaired) electrons. The number of halogens is 1. The maximum atomic E-state index is 13.1. The van der Waals surface area contributed by atoms with Crippen LogP contribution in [0.1, 0.15) is 24.1 Å². The Morgan fingerprint density at radius 1 is 1.00 bits per heavy atom. The van der Waals surface area contributed by atoms with Crippen LogP contribution in [0, 0.1) is 0 Å². The van der Waals surface area contributed by atoms with Gasteiger partial charge in [0, 0.05) is 16.3 Å². The molecule has 1 atom stereocenters. The van der Waals surface area contributed by atoms with Crippen molar-refractivity contribution in [2.24, 2.45) is 0 Å². The van der Waals surface area contributed by atoms with E-state index in [2.05, 4.69) is 0 Å². The van der Waals surface area contributed by atoms with Gasteiger partial charge < -0.3 is 9.84 Å². The minimum absolute atomic E-state index is 0.0281. The Morgan fingerprint density at radius 2 is 1.71 bits per heavy atom. The third-order valence-electron chi connectivity index (χ3n) is 5.08. The lowest BCUT2D eigenvalue weighted by molar-refractivity contribution is -0.132. The van der Waals surface area contributed by atoms with Crippen LogP contribution < -0.4 is 9.64 Å². The Morgan fingerprint density at radius 3 is 2.35 bits per heavy atom. The molecule has 31 heavy (non-hydrogen) atoms. The maximum absolute atomic E-state index is 13.1. The molecule has 1 aliphatic rings. The number of carbonyl (C=O) groups is 2. The van der Waals surface area contributed by atoms with E-state index in [1.165, 1.54) is 4.90 Å². The zero-order chi connectivity index (χ0) is 22.0. The molecule has 1 heterocycles. The lowest BCUT2D eigenvalue weighted by Crippen LogP contribution is -2.29. The number of aliphatic hydroxyl groups excluding tert-OH is 1. The largest absolute Gasteiger partial charge is 0.507 e. The van der Waals surface area contributed by atoms with Crippen LogP contribution in [0.4, 0.5) is 5.69 Å². The lowest BCUT2D eigenvalue weighted by atomic mass is 9.95. The maximum Gasteiger partial charge on any atom is 0.300 e. The fourth-order valence-electron chi connectivity index (χ4n) is 3.70. The topological polar surface area (TPSA) is 66.8 Å². The molecule has 1 fully saturated rings. The highest BCUT2D eigenvalue weighted by Gasteiger charge is 2.47. The van der Waals surface area contributed by atoms with Gasteiger partial charge in [0.2, 0.25) is 0 Å². The number of benzene rings is 3. The predicted octanol–water partition coefficient (Wildman–Crippen LogP) is 5.37. The number of hydrogen-bond acceptors (Lipinski definition) is 4. The van der Waals surface area contributed by atoms with Crippen LogP contribution >= 0.6 is 11.6 Å². The van der Waals surface area contributed by atoms with Crippen LogP contribution in [0.5, 0.6) is 5.75 Å². The van der Waals surface area contributed by atoms with Crippen molar-refractivity contribution in [2.75, 3.05) is 11.5 Å². The molecule has 156 valence electrons. The summed E-state index contributed by atoms with van der Waals surface area (Å²) < 4.78 is 5.51. The molecule has 1 amide bonds. The van der Waals surface area contributed by atoms with E-state index < -0.39 is 17.7 Å². The van der Waals surface area contributed by atoms with E-state index in [0.29, 0.717) is 34.2 Å². The molecule has 1 N–H and O–H groups in total. The first-order valence-corrected chi connectivity index (χ1v) is 10.2. The lowest BCUT2D eigenvalue weighted by Gasteiger charge is -2.25. The molecule has 1 saturated heterocycles. The van der Waals surface area contributed by atoms with Crippen LogP contribution in [0.15, 0.2) is 84.4 Å². The number of Topliss-reactive ketones (excluding diaryl/α,β-unsaturated/α-hetero) is 1. The summed E-state index contributed by atoms with van der Waals surface area (Å²) in [5.41, 5.74) is 1.63. The summed E-state index contributed by atoms with van der Waals surface area (Å²) in [7, 11) is 0. The molecule has 0 aliphatic carbocycles. The minimum Gasteiger partial charge on any atom is -0.507 e. The van der Waals surface area contributed by atoms with Crippen LogP contribution in [0.25, 0.3) is 5.76 Å². The Labute approximate surface area is 185 Å². The highest BCUT2D eigenvalue weighted by molar-refractivity contribution is 6.51. The summed E-state index contributed by atoms with van der Waals surface area (Å²) in [5, 5.41) is 11.5. The third kappa shape index (κ3) is 3.92. The predicted molar refractivity (Wildman–Crippen MR) is 120 cm³/mol. The van der Waals surface area contributed by atoms with Gasteiger partial charge in [0.1, 0.15) is 11.5 Å². The molecule has 6 heteroatoms. The molecule has 0 spiro atoms. The van der Waals surface area contributed by atoms with E-state index in [1.54, 1.807) is 72.8 Å². The van der Waals surface area contributed by atoms with Crippen molar-refractivity contribution in [3.63, 3.8) is 0 Å². The highest BCUT2D eigenvalue weighted by Crippen LogP contribution is 2.42. The first-order chi connectivity index (χ1) is 15.0. The molecular formula is C25H20ClNO4. The van der Waals surface area contributed by atoms with Gasteiger partial charge in [-0.2, -0.15) is 0 Å². The average molecular weight is 434 g/mol. The van der Waals surface area contributed by atoms with E-state index in [4.69, 9.17) is 16.3 Å². The van der Waals surface area contributed by atoms with Crippen LogP contribution in [0.2, 0.25) is 5.02 Å². The van der Waals surface area contributed by atoms with E-state index >= 15 is 0 Å². The van der Waals surface area contributed by atoms with Gasteiger partial charge in [-0.3, -0.25) is 14.5 Å². The van der Waals surface area contributed by atoms with Crippen LogP contribution in [0.3, 0.4) is 0 Å². The van der Waals surface area contributed by atoms with Crippen molar-refractivity contribution in [2.45, 2.75) is 13.0 Å². The SMILES string of the molecule is CCOc1ccc([C@@H]2/C(=C(\O)c3ccccc3)C(=O)C(=O)N2c2cccc(Cl)c2)cc1.